The highest BCUT2D eigenvalue weighted by molar-refractivity contribution is 6.02. The highest BCUT2D eigenvalue weighted by Gasteiger charge is 2.13. The van der Waals surface area contributed by atoms with E-state index in [-0.39, 0.29) is 29.5 Å². The summed E-state index contributed by atoms with van der Waals surface area (Å²) in [5.74, 6) is -1.93. The number of nitrogens with two attached hydrogens (primary N) is 1. The Morgan fingerprint density at radius 1 is 1.25 bits per heavy atom. The van der Waals surface area contributed by atoms with E-state index in [0.717, 1.165) is 6.07 Å². The lowest BCUT2D eigenvalue weighted by Crippen LogP contribution is -2.13. The Morgan fingerprint density at radius 2 is 2.08 bits per heavy atom. The number of carbonyl (C=O) groups excluding carboxylic acids is 1. The molecule has 0 aliphatic heterocycles. The SMILES string of the molecule is NCc1nc(C(=O)Nc2ccc(-c3cccc(F)c3F)cn2)co1. The maximum atomic E-state index is 13.8. The largest absolute Gasteiger partial charge is 0.447 e. The molecule has 3 rings (SSSR count). The van der Waals surface area contributed by atoms with E-state index in [2.05, 4.69) is 15.3 Å². The van der Waals surface area contributed by atoms with Gasteiger partial charge in [0.2, 0.25) is 5.89 Å². The minimum absolute atomic E-state index is 0.0671. The van der Waals surface area contributed by atoms with Crippen LogP contribution in [0.4, 0.5) is 14.6 Å². The van der Waals surface area contributed by atoms with Crippen molar-refractivity contribution in [1.82, 2.24) is 9.97 Å². The summed E-state index contributed by atoms with van der Waals surface area (Å²) in [4.78, 5) is 19.9. The molecular weight excluding hydrogens is 318 g/mol. The highest BCUT2D eigenvalue weighted by Crippen LogP contribution is 2.24. The topological polar surface area (TPSA) is 94.0 Å². The first-order valence-corrected chi connectivity index (χ1v) is 6.94. The van der Waals surface area contributed by atoms with E-state index in [4.69, 9.17) is 10.2 Å². The summed E-state index contributed by atoms with van der Waals surface area (Å²) in [6.07, 6.45) is 2.52. The van der Waals surface area contributed by atoms with Gasteiger partial charge < -0.3 is 15.5 Å². The van der Waals surface area contributed by atoms with Crippen molar-refractivity contribution in [3.05, 3.63) is 66.0 Å². The number of pyridine rings is 1. The number of nitrogens with one attached hydrogen (secondary N) is 1. The summed E-state index contributed by atoms with van der Waals surface area (Å²) in [7, 11) is 0. The zero-order valence-corrected chi connectivity index (χ0v) is 12.3. The number of anilines is 1. The summed E-state index contributed by atoms with van der Waals surface area (Å²) in [6, 6.07) is 6.88. The minimum atomic E-state index is -0.951. The molecule has 0 bridgehead atoms. The van der Waals surface area contributed by atoms with Crippen LogP contribution in [0.3, 0.4) is 0 Å². The zero-order valence-electron chi connectivity index (χ0n) is 12.3. The molecule has 0 fully saturated rings. The number of halogens is 2. The molecule has 0 atom stereocenters. The van der Waals surface area contributed by atoms with Crippen LogP contribution in [0.25, 0.3) is 11.1 Å². The van der Waals surface area contributed by atoms with Crippen molar-refractivity contribution in [2.24, 2.45) is 5.73 Å². The maximum Gasteiger partial charge on any atom is 0.278 e. The van der Waals surface area contributed by atoms with Crippen molar-refractivity contribution in [3.8, 4) is 11.1 Å². The lowest BCUT2D eigenvalue weighted by molar-refractivity contribution is 0.102. The maximum absolute atomic E-state index is 13.8. The van der Waals surface area contributed by atoms with Gasteiger partial charge in [0.25, 0.3) is 5.91 Å². The predicted molar refractivity (Wildman–Crippen MR) is 81.9 cm³/mol. The van der Waals surface area contributed by atoms with Crippen molar-refractivity contribution in [3.63, 3.8) is 0 Å². The van der Waals surface area contributed by atoms with Gasteiger partial charge in [-0.05, 0) is 18.2 Å². The van der Waals surface area contributed by atoms with Crippen LogP contribution in [-0.2, 0) is 6.54 Å². The Bertz CT molecular complexity index is 878. The number of rotatable bonds is 4. The van der Waals surface area contributed by atoms with Gasteiger partial charge in [-0.2, -0.15) is 0 Å². The van der Waals surface area contributed by atoms with E-state index >= 15 is 0 Å². The first kappa shape index (κ1) is 15.8. The Kier molecular flexibility index (Phi) is 4.30. The summed E-state index contributed by atoms with van der Waals surface area (Å²) in [6.45, 7) is 0.0828. The van der Waals surface area contributed by atoms with Gasteiger partial charge in [0.1, 0.15) is 12.1 Å². The van der Waals surface area contributed by atoms with Gasteiger partial charge in [-0.15, -0.1) is 0 Å². The first-order valence-electron chi connectivity index (χ1n) is 6.94. The minimum Gasteiger partial charge on any atom is -0.447 e. The van der Waals surface area contributed by atoms with Gasteiger partial charge in [0.15, 0.2) is 17.3 Å². The number of carbonyl (C=O) groups is 1. The highest BCUT2D eigenvalue weighted by atomic mass is 19.2. The molecule has 1 amide bonds. The number of nitrogens with zero attached hydrogens (tertiary/aromatic N) is 2. The Morgan fingerprint density at radius 3 is 2.75 bits per heavy atom. The van der Waals surface area contributed by atoms with Crippen molar-refractivity contribution in [2.75, 3.05) is 5.32 Å². The van der Waals surface area contributed by atoms with E-state index in [1.54, 1.807) is 0 Å². The molecule has 0 spiro atoms. The number of hydrogen-bond donors (Lipinski definition) is 2. The molecule has 0 unspecified atom stereocenters. The second-order valence-electron chi connectivity index (χ2n) is 4.82. The van der Waals surface area contributed by atoms with Crippen molar-refractivity contribution in [2.45, 2.75) is 6.54 Å². The molecule has 24 heavy (non-hydrogen) atoms. The quantitative estimate of drug-likeness (QED) is 0.767. The number of aromatic nitrogens is 2. The molecule has 122 valence electrons. The molecule has 0 saturated heterocycles. The molecule has 2 aromatic heterocycles. The number of oxazole rings is 1. The standard InChI is InChI=1S/C16H12F2N4O2/c17-11-3-1-2-10(15(11)18)9-4-5-13(20-7-9)22-16(23)12-8-24-14(6-19)21-12/h1-5,7-8H,6,19H2,(H,20,22,23). The van der Waals surface area contributed by atoms with Crippen LogP contribution in [0, 0.1) is 11.6 Å². The van der Waals surface area contributed by atoms with Crippen molar-refractivity contribution in [1.29, 1.82) is 0 Å². The number of benzene rings is 1. The molecule has 0 aliphatic rings. The molecule has 0 saturated carbocycles. The number of amides is 1. The van der Waals surface area contributed by atoms with Gasteiger partial charge in [-0.25, -0.2) is 18.7 Å². The van der Waals surface area contributed by atoms with Crippen LogP contribution in [0.5, 0.6) is 0 Å². The molecule has 1 aromatic carbocycles. The monoisotopic (exact) mass is 330 g/mol. The van der Waals surface area contributed by atoms with E-state index in [1.165, 1.54) is 36.7 Å². The fourth-order valence-electron chi connectivity index (χ4n) is 2.04. The Hall–Kier alpha value is -3.13. The van der Waals surface area contributed by atoms with Crippen LogP contribution in [0.1, 0.15) is 16.4 Å². The fourth-order valence-corrected chi connectivity index (χ4v) is 2.04. The average molecular weight is 330 g/mol. The van der Waals surface area contributed by atoms with Crippen LogP contribution in [-0.4, -0.2) is 15.9 Å². The van der Waals surface area contributed by atoms with Crippen LogP contribution in [0.15, 0.2) is 47.2 Å². The summed E-state index contributed by atoms with van der Waals surface area (Å²) >= 11 is 0. The molecule has 3 N–H and O–H groups in total. The lowest BCUT2D eigenvalue weighted by atomic mass is 10.1. The molecule has 6 nitrogen and oxygen atoms in total. The van der Waals surface area contributed by atoms with E-state index in [0.29, 0.717) is 5.56 Å². The van der Waals surface area contributed by atoms with Crippen LogP contribution >= 0.6 is 0 Å². The summed E-state index contributed by atoms with van der Waals surface area (Å²) in [5.41, 5.74) is 5.89. The summed E-state index contributed by atoms with van der Waals surface area (Å²) < 4.78 is 32.0. The zero-order chi connectivity index (χ0) is 17.1. The first-order chi connectivity index (χ1) is 11.6. The second kappa shape index (κ2) is 6.55. The van der Waals surface area contributed by atoms with Crippen LogP contribution in [0.2, 0.25) is 0 Å². The second-order valence-corrected chi connectivity index (χ2v) is 4.82. The Labute approximate surface area is 135 Å². The third-order valence-electron chi connectivity index (χ3n) is 3.23. The van der Waals surface area contributed by atoms with E-state index in [1.807, 2.05) is 0 Å². The predicted octanol–water partition coefficient (Wildman–Crippen LogP) is 2.73. The van der Waals surface area contributed by atoms with Crippen molar-refractivity contribution < 1.29 is 18.0 Å². The van der Waals surface area contributed by atoms with Gasteiger partial charge in [0.05, 0.1) is 6.54 Å². The molecule has 0 aliphatic carbocycles. The lowest BCUT2D eigenvalue weighted by Gasteiger charge is -2.06. The van der Waals surface area contributed by atoms with E-state index < -0.39 is 17.5 Å². The van der Waals surface area contributed by atoms with Gasteiger partial charge in [-0.3, -0.25) is 4.79 Å². The average Bonchev–Trinajstić information content (AvgIpc) is 3.07. The molecule has 2 heterocycles. The number of hydrogen-bond acceptors (Lipinski definition) is 5. The molecular formula is C16H12F2N4O2. The third-order valence-corrected chi connectivity index (χ3v) is 3.23. The third kappa shape index (κ3) is 3.13. The van der Waals surface area contributed by atoms with E-state index in [9.17, 15) is 13.6 Å². The fraction of sp³-hybridized carbons (Fsp3) is 0.0625. The smallest absolute Gasteiger partial charge is 0.278 e. The van der Waals surface area contributed by atoms with Gasteiger partial charge in [0, 0.05) is 17.3 Å². The molecule has 0 radical (unpaired) electrons. The van der Waals surface area contributed by atoms with Gasteiger partial charge in [-0.1, -0.05) is 12.1 Å². The summed E-state index contributed by atoms with van der Waals surface area (Å²) in [5, 5.41) is 2.52. The normalized spacial score (nSPS) is 10.6. The molecule has 3 aromatic rings. The van der Waals surface area contributed by atoms with Crippen LogP contribution < -0.4 is 11.1 Å². The molecule has 8 heteroatoms. The van der Waals surface area contributed by atoms with Gasteiger partial charge >= 0.3 is 0 Å². The van der Waals surface area contributed by atoms with Crippen molar-refractivity contribution >= 4 is 11.7 Å². The Balaban J connectivity index is 1.77.